The molecular weight excluding hydrogens is 259 g/mol. The highest BCUT2D eigenvalue weighted by Gasteiger charge is 2.15. The largest absolute Gasteiger partial charge is 0.507 e. The molecule has 2 aromatic carbocycles. The van der Waals surface area contributed by atoms with Crippen LogP contribution in [0.2, 0.25) is 0 Å². The van der Waals surface area contributed by atoms with E-state index in [2.05, 4.69) is 5.32 Å². The Morgan fingerprint density at radius 2 is 1.95 bits per heavy atom. The summed E-state index contributed by atoms with van der Waals surface area (Å²) in [6.45, 7) is 3.45. The number of hydrogen-bond acceptors (Lipinski definition) is 3. The molecule has 0 unspecified atom stereocenters. The minimum Gasteiger partial charge on any atom is -0.507 e. The monoisotopic (exact) mass is 274 g/mol. The van der Waals surface area contributed by atoms with Crippen molar-refractivity contribution >= 4 is 17.3 Å². The maximum Gasteiger partial charge on any atom is 0.257 e. The number of aromatic hydroxyl groups is 1. The molecule has 0 radical (unpaired) electrons. The molecule has 104 valence electrons. The lowest BCUT2D eigenvalue weighted by Gasteiger charge is -2.12. The van der Waals surface area contributed by atoms with E-state index < -0.39 is 11.7 Å². The number of anilines is 2. The average Bonchev–Trinajstić information content (AvgIpc) is 2.42. The Morgan fingerprint density at radius 3 is 2.65 bits per heavy atom. The maximum atomic E-state index is 13.3. The smallest absolute Gasteiger partial charge is 0.257 e. The normalized spacial score (nSPS) is 10.3. The van der Waals surface area contributed by atoms with E-state index in [0.717, 1.165) is 0 Å². The molecule has 0 aliphatic rings. The van der Waals surface area contributed by atoms with E-state index in [-0.39, 0.29) is 17.0 Å². The van der Waals surface area contributed by atoms with E-state index in [0.29, 0.717) is 16.8 Å². The van der Waals surface area contributed by atoms with Gasteiger partial charge in [0.1, 0.15) is 11.6 Å². The van der Waals surface area contributed by atoms with Crippen molar-refractivity contribution in [3.05, 3.63) is 52.8 Å². The van der Waals surface area contributed by atoms with E-state index in [4.69, 9.17) is 5.73 Å². The number of nitrogens with one attached hydrogen (secondary N) is 1. The van der Waals surface area contributed by atoms with Gasteiger partial charge in [0.15, 0.2) is 0 Å². The summed E-state index contributed by atoms with van der Waals surface area (Å²) in [4.78, 5) is 12.1. The third kappa shape index (κ3) is 2.42. The van der Waals surface area contributed by atoms with E-state index in [1.165, 1.54) is 18.2 Å². The predicted octanol–water partition coefficient (Wildman–Crippen LogP) is 2.98. The molecule has 0 bridgehead atoms. The van der Waals surface area contributed by atoms with Gasteiger partial charge in [0.05, 0.1) is 11.3 Å². The fraction of sp³-hybridized carbons (Fsp3) is 0.133. The Bertz CT molecular complexity index is 684. The Kier molecular flexibility index (Phi) is 3.61. The van der Waals surface area contributed by atoms with Crippen LogP contribution in [-0.4, -0.2) is 11.0 Å². The van der Waals surface area contributed by atoms with E-state index in [1.807, 2.05) is 0 Å². The zero-order chi connectivity index (χ0) is 14.9. The van der Waals surface area contributed by atoms with Crippen LogP contribution < -0.4 is 11.1 Å². The number of halogens is 1. The van der Waals surface area contributed by atoms with Crippen LogP contribution in [0.1, 0.15) is 21.5 Å². The SMILES string of the molecule is Cc1ccc(NC(=O)c2cccc(F)c2N)c(C)c1O. The van der Waals surface area contributed by atoms with Gasteiger partial charge in [-0.25, -0.2) is 4.39 Å². The molecule has 0 aliphatic heterocycles. The van der Waals surface area contributed by atoms with Gasteiger partial charge in [-0.2, -0.15) is 0 Å². The Labute approximate surface area is 116 Å². The summed E-state index contributed by atoms with van der Waals surface area (Å²) in [6, 6.07) is 7.41. The van der Waals surface area contributed by atoms with Crippen molar-refractivity contribution in [2.45, 2.75) is 13.8 Å². The Morgan fingerprint density at radius 1 is 1.25 bits per heavy atom. The molecule has 20 heavy (non-hydrogen) atoms. The van der Waals surface area contributed by atoms with Gasteiger partial charge in [-0.3, -0.25) is 4.79 Å². The lowest BCUT2D eigenvalue weighted by Crippen LogP contribution is -2.15. The lowest BCUT2D eigenvalue weighted by molar-refractivity contribution is 0.102. The van der Waals surface area contributed by atoms with Crippen LogP contribution in [0.4, 0.5) is 15.8 Å². The standard InChI is InChI=1S/C15H15FN2O2/c1-8-6-7-12(9(2)14(8)19)18-15(20)10-4-3-5-11(16)13(10)17/h3-7,19H,17H2,1-2H3,(H,18,20). The second-order valence-electron chi connectivity index (χ2n) is 4.56. The highest BCUT2D eigenvalue weighted by molar-refractivity contribution is 6.08. The summed E-state index contributed by atoms with van der Waals surface area (Å²) in [5.74, 6) is -1.04. The number of nitrogens with two attached hydrogens (primary N) is 1. The molecule has 1 amide bonds. The molecule has 0 aliphatic carbocycles. The summed E-state index contributed by atoms with van der Waals surface area (Å²) in [6.07, 6.45) is 0. The van der Waals surface area contributed by atoms with Gasteiger partial charge >= 0.3 is 0 Å². The topological polar surface area (TPSA) is 75.4 Å². The van der Waals surface area contributed by atoms with Crippen molar-refractivity contribution in [2.75, 3.05) is 11.1 Å². The van der Waals surface area contributed by atoms with Gasteiger partial charge in [0, 0.05) is 11.3 Å². The van der Waals surface area contributed by atoms with Gasteiger partial charge in [-0.05, 0) is 37.6 Å². The fourth-order valence-electron chi connectivity index (χ4n) is 1.90. The number of phenols is 1. The van der Waals surface area contributed by atoms with Crippen molar-refractivity contribution in [1.29, 1.82) is 0 Å². The van der Waals surface area contributed by atoms with Gasteiger partial charge in [0.25, 0.3) is 5.91 Å². The summed E-state index contributed by atoms with van der Waals surface area (Å²) in [7, 11) is 0. The number of phenolic OH excluding ortho intramolecular Hbond substituents is 1. The number of carbonyl (C=O) groups is 1. The highest BCUT2D eigenvalue weighted by atomic mass is 19.1. The van der Waals surface area contributed by atoms with Gasteiger partial charge in [0.2, 0.25) is 0 Å². The summed E-state index contributed by atoms with van der Waals surface area (Å²) in [5.41, 5.74) is 7.13. The molecule has 4 nitrogen and oxygen atoms in total. The van der Waals surface area contributed by atoms with Crippen LogP contribution in [-0.2, 0) is 0 Å². The summed E-state index contributed by atoms with van der Waals surface area (Å²) < 4.78 is 13.3. The summed E-state index contributed by atoms with van der Waals surface area (Å²) in [5, 5.41) is 12.5. The molecular formula is C15H15FN2O2. The van der Waals surface area contributed by atoms with E-state index in [1.54, 1.807) is 26.0 Å². The number of amides is 1. The number of hydrogen-bond donors (Lipinski definition) is 3. The molecule has 0 saturated carbocycles. The highest BCUT2D eigenvalue weighted by Crippen LogP contribution is 2.28. The third-order valence-electron chi connectivity index (χ3n) is 3.18. The predicted molar refractivity (Wildman–Crippen MR) is 76.3 cm³/mol. The van der Waals surface area contributed by atoms with Crippen molar-refractivity contribution in [1.82, 2.24) is 0 Å². The van der Waals surface area contributed by atoms with Crippen LogP contribution in [0.25, 0.3) is 0 Å². The Hall–Kier alpha value is -2.56. The van der Waals surface area contributed by atoms with E-state index in [9.17, 15) is 14.3 Å². The molecule has 0 aromatic heterocycles. The fourth-order valence-corrected chi connectivity index (χ4v) is 1.90. The number of nitrogen functional groups attached to an aromatic ring is 1. The number of para-hydroxylation sites is 1. The molecule has 2 aromatic rings. The minimum absolute atomic E-state index is 0.0597. The van der Waals surface area contributed by atoms with Crippen LogP contribution in [0.5, 0.6) is 5.75 Å². The first-order valence-electron chi connectivity index (χ1n) is 6.06. The van der Waals surface area contributed by atoms with Crippen LogP contribution >= 0.6 is 0 Å². The molecule has 2 rings (SSSR count). The molecule has 4 N–H and O–H groups in total. The summed E-state index contributed by atoms with van der Waals surface area (Å²) >= 11 is 0. The first kappa shape index (κ1) is 13.9. The number of benzene rings is 2. The van der Waals surface area contributed by atoms with Crippen molar-refractivity contribution in [3.8, 4) is 5.75 Å². The molecule has 0 atom stereocenters. The average molecular weight is 274 g/mol. The zero-order valence-electron chi connectivity index (χ0n) is 11.2. The molecule has 0 heterocycles. The zero-order valence-corrected chi connectivity index (χ0v) is 11.2. The van der Waals surface area contributed by atoms with Crippen molar-refractivity contribution in [2.24, 2.45) is 0 Å². The number of aryl methyl sites for hydroxylation is 1. The van der Waals surface area contributed by atoms with E-state index >= 15 is 0 Å². The molecule has 5 heteroatoms. The first-order chi connectivity index (χ1) is 9.41. The van der Waals surface area contributed by atoms with Crippen molar-refractivity contribution in [3.63, 3.8) is 0 Å². The van der Waals surface area contributed by atoms with Gasteiger partial charge < -0.3 is 16.2 Å². The lowest BCUT2D eigenvalue weighted by atomic mass is 10.1. The van der Waals surface area contributed by atoms with Gasteiger partial charge in [-0.15, -0.1) is 0 Å². The first-order valence-corrected chi connectivity index (χ1v) is 6.06. The van der Waals surface area contributed by atoms with Gasteiger partial charge in [-0.1, -0.05) is 12.1 Å². The van der Waals surface area contributed by atoms with Crippen LogP contribution in [0, 0.1) is 19.7 Å². The second kappa shape index (κ2) is 5.21. The maximum absolute atomic E-state index is 13.3. The number of carbonyl (C=O) groups excluding carboxylic acids is 1. The van der Waals surface area contributed by atoms with Crippen LogP contribution in [0.15, 0.2) is 30.3 Å². The Balaban J connectivity index is 2.33. The van der Waals surface area contributed by atoms with Crippen molar-refractivity contribution < 1.29 is 14.3 Å². The quantitative estimate of drug-likeness (QED) is 0.737. The number of rotatable bonds is 2. The molecule has 0 fully saturated rings. The van der Waals surface area contributed by atoms with Crippen LogP contribution in [0.3, 0.4) is 0 Å². The molecule has 0 saturated heterocycles. The third-order valence-corrected chi connectivity index (χ3v) is 3.18. The molecule has 0 spiro atoms. The minimum atomic E-state index is -0.638. The second-order valence-corrected chi connectivity index (χ2v) is 4.56.